The predicted octanol–water partition coefficient (Wildman–Crippen LogP) is 3.66. The van der Waals surface area contributed by atoms with Crippen LogP contribution in [-0.4, -0.2) is 60.5 Å². The average Bonchev–Trinajstić information content (AvgIpc) is 3.32. The first-order valence-electron chi connectivity index (χ1n) is 11.5. The SMILES string of the molecule is C[C@@H](c1ccc2nnc(-c3ccc4cc(F)cc(C5(CO)CC5)c4n3)n2c1)N1CC[C@H](O)C1.Cl. The molecule has 0 amide bonds. The van der Waals surface area contributed by atoms with Gasteiger partial charge in [-0.1, -0.05) is 12.1 Å². The number of hydrogen-bond acceptors (Lipinski definition) is 6. The van der Waals surface area contributed by atoms with Crippen molar-refractivity contribution in [2.75, 3.05) is 19.7 Å². The molecule has 2 atom stereocenters. The van der Waals surface area contributed by atoms with Gasteiger partial charge in [0.2, 0.25) is 0 Å². The Bertz CT molecular complexity index is 1370. The smallest absolute Gasteiger partial charge is 0.187 e. The number of pyridine rings is 2. The minimum atomic E-state index is -0.401. The fourth-order valence-corrected chi connectivity index (χ4v) is 5.05. The van der Waals surface area contributed by atoms with Crippen molar-refractivity contribution in [1.82, 2.24) is 24.5 Å². The number of aliphatic hydroxyl groups excluding tert-OH is 2. The first-order chi connectivity index (χ1) is 16.0. The number of β-amino-alcohol motifs (C(OH)–C–C–N with tert-alkyl or cyclic N) is 1. The van der Waals surface area contributed by atoms with E-state index in [4.69, 9.17) is 4.98 Å². The van der Waals surface area contributed by atoms with Crippen LogP contribution < -0.4 is 0 Å². The third-order valence-electron chi connectivity index (χ3n) is 7.36. The molecule has 4 aromatic rings. The summed E-state index contributed by atoms with van der Waals surface area (Å²) in [6.45, 7) is 3.67. The molecule has 3 aromatic heterocycles. The zero-order chi connectivity index (χ0) is 22.7. The van der Waals surface area contributed by atoms with Gasteiger partial charge in [-0.15, -0.1) is 22.6 Å². The summed E-state index contributed by atoms with van der Waals surface area (Å²) < 4.78 is 16.2. The van der Waals surface area contributed by atoms with Crippen molar-refractivity contribution in [3.8, 4) is 11.5 Å². The number of benzene rings is 1. The molecule has 2 fully saturated rings. The summed E-state index contributed by atoms with van der Waals surface area (Å²) in [5.74, 6) is 0.303. The van der Waals surface area contributed by atoms with Crippen LogP contribution in [0.1, 0.15) is 43.4 Å². The molecular weight excluding hydrogens is 457 g/mol. The van der Waals surface area contributed by atoms with Gasteiger partial charge in [0.15, 0.2) is 11.5 Å². The van der Waals surface area contributed by atoms with Gasteiger partial charge in [-0.2, -0.15) is 0 Å². The lowest BCUT2D eigenvalue weighted by Crippen LogP contribution is -2.25. The van der Waals surface area contributed by atoms with E-state index in [0.717, 1.165) is 42.6 Å². The number of fused-ring (bicyclic) bond motifs is 2. The van der Waals surface area contributed by atoms with Crippen LogP contribution >= 0.6 is 12.4 Å². The van der Waals surface area contributed by atoms with Gasteiger partial charge in [0, 0.05) is 36.1 Å². The summed E-state index contributed by atoms with van der Waals surface area (Å²) in [6, 6.07) is 10.8. The molecule has 2 aliphatic rings. The third kappa shape index (κ3) is 3.75. The molecule has 1 aliphatic heterocycles. The van der Waals surface area contributed by atoms with Gasteiger partial charge in [0.1, 0.15) is 11.5 Å². The second kappa shape index (κ2) is 8.53. The molecule has 1 saturated carbocycles. The molecular formula is C25H27ClFN5O2. The normalized spacial score (nSPS) is 20.5. The second-order valence-corrected chi connectivity index (χ2v) is 9.49. The Kier molecular flexibility index (Phi) is 5.80. The van der Waals surface area contributed by atoms with Gasteiger partial charge in [-0.05, 0) is 61.6 Å². The van der Waals surface area contributed by atoms with E-state index in [-0.39, 0.29) is 37.0 Å². The first-order valence-corrected chi connectivity index (χ1v) is 11.5. The Labute approximate surface area is 202 Å². The van der Waals surface area contributed by atoms with Crippen molar-refractivity contribution < 1.29 is 14.6 Å². The molecule has 9 heteroatoms. The van der Waals surface area contributed by atoms with Gasteiger partial charge in [-0.25, -0.2) is 9.37 Å². The molecule has 7 nitrogen and oxygen atoms in total. The maximum absolute atomic E-state index is 14.3. The van der Waals surface area contributed by atoms with E-state index >= 15 is 0 Å². The zero-order valence-electron chi connectivity index (χ0n) is 18.9. The third-order valence-corrected chi connectivity index (χ3v) is 7.36. The topological polar surface area (TPSA) is 86.8 Å². The molecule has 0 spiro atoms. The Morgan fingerprint density at radius 3 is 2.71 bits per heavy atom. The van der Waals surface area contributed by atoms with Crippen molar-refractivity contribution in [1.29, 1.82) is 0 Å². The van der Waals surface area contributed by atoms with Crippen molar-refractivity contribution in [2.24, 2.45) is 0 Å². The highest BCUT2D eigenvalue weighted by atomic mass is 35.5. The molecule has 178 valence electrons. The van der Waals surface area contributed by atoms with Gasteiger partial charge in [0.05, 0.1) is 18.2 Å². The van der Waals surface area contributed by atoms with Crippen molar-refractivity contribution in [3.05, 3.63) is 59.5 Å². The summed E-state index contributed by atoms with van der Waals surface area (Å²) in [7, 11) is 0. The molecule has 1 aliphatic carbocycles. The number of aromatic nitrogens is 4. The van der Waals surface area contributed by atoms with Crippen LogP contribution in [0.2, 0.25) is 0 Å². The highest BCUT2D eigenvalue weighted by molar-refractivity contribution is 5.86. The van der Waals surface area contributed by atoms with E-state index in [1.54, 1.807) is 0 Å². The monoisotopic (exact) mass is 483 g/mol. The fourth-order valence-electron chi connectivity index (χ4n) is 5.05. The summed E-state index contributed by atoms with van der Waals surface area (Å²) in [5.41, 5.74) is 3.54. The van der Waals surface area contributed by atoms with Crippen LogP contribution in [0.25, 0.3) is 28.1 Å². The molecule has 1 aromatic carbocycles. The number of halogens is 2. The van der Waals surface area contributed by atoms with Gasteiger partial charge in [-0.3, -0.25) is 9.30 Å². The Balaban J connectivity index is 0.00000241. The van der Waals surface area contributed by atoms with E-state index in [0.29, 0.717) is 29.0 Å². The zero-order valence-corrected chi connectivity index (χ0v) is 19.7. The van der Waals surface area contributed by atoms with E-state index in [2.05, 4.69) is 28.1 Å². The fraction of sp³-hybridized carbons (Fsp3) is 0.400. The quantitative estimate of drug-likeness (QED) is 0.450. The lowest BCUT2D eigenvalue weighted by Gasteiger charge is -2.24. The Hall–Kier alpha value is -2.65. The van der Waals surface area contributed by atoms with Crippen molar-refractivity contribution >= 4 is 29.0 Å². The molecule has 1 saturated heterocycles. The minimum absolute atomic E-state index is 0. The Morgan fingerprint density at radius 2 is 2.00 bits per heavy atom. The first kappa shape index (κ1) is 23.1. The highest BCUT2D eigenvalue weighted by Gasteiger charge is 2.45. The van der Waals surface area contributed by atoms with E-state index in [1.165, 1.54) is 12.1 Å². The number of rotatable bonds is 5. The standard InChI is InChI=1S/C25H26FN5O2.ClH/c1-15(30-9-6-19(33)13-30)17-3-5-22-28-29-24(31(22)12-17)21-4-2-16-10-18(26)11-20(23(16)27-21)25(14-32)7-8-25;/h2-5,10-12,15,19,32-33H,6-9,13-14H2,1H3;1H/t15-,19-;/m0./s1. The molecule has 4 heterocycles. The van der Waals surface area contributed by atoms with E-state index in [1.807, 2.05) is 28.8 Å². The minimum Gasteiger partial charge on any atom is -0.395 e. The van der Waals surface area contributed by atoms with Crippen LogP contribution in [0.3, 0.4) is 0 Å². The maximum atomic E-state index is 14.3. The highest BCUT2D eigenvalue weighted by Crippen LogP contribution is 2.50. The lowest BCUT2D eigenvalue weighted by atomic mass is 9.94. The molecule has 34 heavy (non-hydrogen) atoms. The molecule has 6 rings (SSSR count). The summed E-state index contributed by atoms with van der Waals surface area (Å²) in [4.78, 5) is 7.15. The van der Waals surface area contributed by atoms with Gasteiger partial charge < -0.3 is 10.2 Å². The Morgan fingerprint density at radius 1 is 1.18 bits per heavy atom. The molecule has 2 N–H and O–H groups in total. The lowest BCUT2D eigenvalue weighted by molar-refractivity contribution is 0.163. The summed E-state index contributed by atoms with van der Waals surface area (Å²) >= 11 is 0. The van der Waals surface area contributed by atoms with E-state index < -0.39 is 5.41 Å². The van der Waals surface area contributed by atoms with Crippen LogP contribution in [0, 0.1) is 5.82 Å². The van der Waals surface area contributed by atoms with Crippen LogP contribution in [0.4, 0.5) is 4.39 Å². The number of nitrogens with zero attached hydrogens (tertiary/aromatic N) is 5. The number of aliphatic hydroxyl groups is 2. The van der Waals surface area contributed by atoms with Gasteiger partial charge >= 0.3 is 0 Å². The molecule has 0 bridgehead atoms. The van der Waals surface area contributed by atoms with Gasteiger partial charge in [0.25, 0.3) is 0 Å². The second-order valence-electron chi connectivity index (χ2n) is 9.49. The number of likely N-dealkylation sites (tertiary alicyclic amines) is 1. The van der Waals surface area contributed by atoms with Crippen LogP contribution in [0.15, 0.2) is 42.6 Å². The molecule has 0 radical (unpaired) electrons. The largest absolute Gasteiger partial charge is 0.395 e. The molecule has 0 unspecified atom stereocenters. The van der Waals surface area contributed by atoms with Crippen molar-refractivity contribution in [2.45, 2.75) is 43.7 Å². The predicted molar refractivity (Wildman–Crippen MR) is 130 cm³/mol. The van der Waals surface area contributed by atoms with Crippen LogP contribution in [-0.2, 0) is 5.41 Å². The summed E-state index contributed by atoms with van der Waals surface area (Å²) in [5, 5.41) is 29.3. The van der Waals surface area contributed by atoms with Crippen LogP contribution in [0.5, 0.6) is 0 Å². The average molecular weight is 484 g/mol. The van der Waals surface area contributed by atoms with E-state index in [9.17, 15) is 14.6 Å². The van der Waals surface area contributed by atoms with Crippen molar-refractivity contribution in [3.63, 3.8) is 0 Å². The summed E-state index contributed by atoms with van der Waals surface area (Å²) in [6.07, 6.45) is 4.22. The maximum Gasteiger partial charge on any atom is 0.187 e. The number of hydrogen-bond donors (Lipinski definition) is 2.